The number of carbonyl (C=O) groups excluding carboxylic acids is 2. The van der Waals surface area contributed by atoms with Crippen molar-refractivity contribution in [3.8, 4) is 0 Å². The summed E-state index contributed by atoms with van der Waals surface area (Å²) >= 11 is 0. The van der Waals surface area contributed by atoms with Crippen molar-refractivity contribution in [2.24, 2.45) is 5.73 Å². The third-order valence-corrected chi connectivity index (χ3v) is 11.1. The lowest BCUT2D eigenvalue weighted by Gasteiger charge is -2.19. The summed E-state index contributed by atoms with van der Waals surface area (Å²) in [7, 11) is -4.41. The lowest BCUT2D eigenvalue weighted by atomic mass is 10.1. The van der Waals surface area contributed by atoms with Gasteiger partial charge >= 0.3 is 19.8 Å². The van der Waals surface area contributed by atoms with Crippen molar-refractivity contribution >= 4 is 19.8 Å². The Morgan fingerprint density at radius 1 is 0.423 bits per heavy atom. The van der Waals surface area contributed by atoms with Crippen molar-refractivity contribution in [2.45, 2.75) is 174 Å². The number of unbranched alkanes of at least 4 members (excludes halogenated alkanes) is 6. The Bertz CT molecular complexity index is 1760. The number of rotatable bonds is 47. The van der Waals surface area contributed by atoms with Crippen LogP contribution in [0, 0.1) is 0 Å². The maximum atomic E-state index is 12.7. The van der Waals surface area contributed by atoms with E-state index >= 15 is 0 Å². The Labute approximate surface area is 431 Å². The van der Waals surface area contributed by atoms with Gasteiger partial charge in [0.25, 0.3) is 0 Å². The van der Waals surface area contributed by atoms with Crippen LogP contribution in [-0.2, 0) is 32.7 Å². The highest BCUT2D eigenvalue weighted by atomic mass is 31.2. The molecule has 0 aromatic carbocycles. The zero-order chi connectivity index (χ0) is 51.7. The van der Waals surface area contributed by atoms with Gasteiger partial charge in [0, 0.05) is 19.4 Å². The SMILES string of the molecule is CC/C=C\C/C=C\C/C=C\C/C=C\C/C=C\C/C=C\C/C=C\C/C=C\C/C=C\C/C=C\CCCCCCC(=O)OC(COC(=O)CCCC/C=C\C/C=C\C/C=C\C/C=C\CC)COP(=O)(O)OCCN. The molecule has 0 spiro atoms. The van der Waals surface area contributed by atoms with Crippen LogP contribution in [-0.4, -0.2) is 49.3 Å². The second kappa shape index (κ2) is 54.7. The molecule has 0 saturated carbocycles. The molecule has 10 heteroatoms. The fourth-order valence-electron chi connectivity index (χ4n) is 6.24. The maximum absolute atomic E-state index is 12.7. The molecule has 0 radical (unpaired) electrons. The van der Waals surface area contributed by atoms with Crippen LogP contribution in [0.15, 0.2) is 170 Å². The van der Waals surface area contributed by atoms with Crippen molar-refractivity contribution in [3.63, 3.8) is 0 Å². The molecule has 0 bridgehead atoms. The van der Waals surface area contributed by atoms with E-state index in [1.165, 1.54) is 0 Å². The largest absolute Gasteiger partial charge is 0.472 e. The first kappa shape index (κ1) is 66.4. The minimum Gasteiger partial charge on any atom is -0.462 e. The molecule has 0 aliphatic heterocycles. The van der Waals surface area contributed by atoms with E-state index in [0.29, 0.717) is 12.8 Å². The van der Waals surface area contributed by atoms with Gasteiger partial charge in [0.2, 0.25) is 0 Å². The highest BCUT2D eigenvalue weighted by molar-refractivity contribution is 7.47. The van der Waals surface area contributed by atoms with Crippen molar-refractivity contribution in [1.29, 1.82) is 0 Å². The number of esters is 2. The molecule has 0 aliphatic rings. The van der Waals surface area contributed by atoms with Crippen LogP contribution < -0.4 is 5.73 Å². The quantitative estimate of drug-likeness (QED) is 0.0264. The molecule has 0 amide bonds. The Hall–Kier alpha value is -4.63. The number of hydrogen-bond donors (Lipinski definition) is 2. The fraction of sp³-hybridized carbons (Fsp3) is 0.508. The Morgan fingerprint density at radius 3 is 1.10 bits per heavy atom. The number of ether oxygens (including phenoxy) is 2. The van der Waals surface area contributed by atoms with Gasteiger partial charge in [-0.2, -0.15) is 0 Å². The van der Waals surface area contributed by atoms with Gasteiger partial charge in [0.1, 0.15) is 6.61 Å². The fourth-order valence-corrected chi connectivity index (χ4v) is 7.00. The third-order valence-electron chi connectivity index (χ3n) is 10.1. The molecule has 0 saturated heterocycles. The molecule has 0 heterocycles. The summed E-state index contributed by atoms with van der Waals surface area (Å²) in [6, 6.07) is 0. The van der Waals surface area contributed by atoms with Crippen molar-refractivity contribution < 1.29 is 37.6 Å². The van der Waals surface area contributed by atoms with Crippen LogP contribution in [0.5, 0.6) is 0 Å². The number of carbonyl (C=O) groups is 2. The van der Waals surface area contributed by atoms with Crippen LogP contribution in [0.3, 0.4) is 0 Å². The second-order valence-corrected chi connectivity index (χ2v) is 18.1. The summed E-state index contributed by atoms with van der Waals surface area (Å²) in [5, 5.41) is 0. The molecule has 71 heavy (non-hydrogen) atoms. The first-order chi connectivity index (χ1) is 34.8. The van der Waals surface area contributed by atoms with Gasteiger partial charge in [-0.1, -0.05) is 197 Å². The van der Waals surface area contributed by atoms with E-state index < -0.39 is 32.5 Å². The summed E-state index contributed by atoms with van der Waals surface area (Å²) < 4.78 is 32.8. The zero-order valence-corrected chi connectivity index (χ0v) is 44.8. The Balaban J connectivity index is 4.16. The number of hydrogen-bond acceptors (Lipinski definition) is 8. The predicted octanol–water partition coefficient (Wildman–Crippen LogP) is 16.7. The van der Waals surface area contributed by atoms with Crippen LogP contribution in [0.25, 0.3) is 0 Å². The van der Waals surface area contributed by atoms with Crippen molar-refractivity contribution in [3.05, 3.63) is 170 Å². The van der Waals surface area contributed by atoms with Crippen LogP contribution in [0.1, 0.15) is 168 Å². The molecule has 0 aromatic rings. The highest BCUT2D eigenvalue weighted by Crippen LogP contribution is 2.43. The van der Waals surface area contributed by atoms with E-state index in [1.54, 1.807) is 0 Å². The minimum atomic E-state index is -4.41. The molecule has 0 rings (SSSR count). The average molecular weight is 1000 g/mol. The lowest BCUT2D eigenvalue weighted by molar-refractivity contribution is -0.161. The van der Waals surface area contributed by atoms with E-state index in [4.69, 9.17) is 24.3 Å². The normalized spacial score (nSPS) is 14.5. The third kappa shape index (κ3) is 54.6. The van der Waals surface area contributed by atoms with Crippen molar-refractivity contribution in [1.82, 2.24) is 0 Å². The summed E-state index contributed by atoms with van der Waals surface area (Å²) in [5.41, 5.74) is 5.36. The van der Waals surface area contributed by atoms with Crippen LogP contribution in [0.2, 0.25) is 0 Å². The van der Waals surface area contributed by atoms with Gasteiger partial charge in [-0.25, -0.2) is 4.57 Å². The van der Waals surface area contributed by atoms with E-state index in [0.717, 1.165) is 128 Å². The monoisotopic (exact) mass is 1000 g/mol. The van der Waals surface area contributed by atoms with Gasteiger partial charge in [-0.05, 0) is 128 Å². The standard InChI is InChI=1S/C61H94NO8P/c1-3-5-7-9-11-13-15-17-19-20-21-22-23-24-25-26-27-28-29-30-31-32-33-34-35-36-37-38-40-42-44-46-48-50-52-54-61(64)70-59(58-69-71(65,66)68-56-55-62)57-67-60(63)53-51-49-47-45-43-41-39-18-16-14-12-10-8-6-4-2/h5-8,11-14,17-19,21-22,24-25,27-28,30-31,33-34,36-37,39-40,42-43,45,59H,3-4,9-10,15-16,20,23,26,29,32,35,38,41,44,46-58,62H2,1-2H3,(H,65,66)/b7-5-,8-6-,13-11-,14-12-,19-17-,22-21-,25-24-,28-27-,31-30-,34-33-,37-36-,39-18-,42-40-,45-43-. The maximum Gasteiger partial charge on any atom is 0.472 e. The van der Waals surface area contributed by atoms with Gasteiger partial charge < -0.3 is 20.1 Å². The first-order valence-corrected chi connectivity index (χ1v) is 28.1. The minimum absolute atomic E-state index is 0.0328. The zero-order valence-electron chi connectivity index (χ0n) is 43.9. The van der Waals surface area contributed by atoms with Gasteiger partial charge in [0.05, 0.1) is 13.2 Å². The molecule has 0 aromatic heterocycles. The second-order valence-electron chi connectivity index (χ2n) is 16.6. The summed E-state index contributed by atoms with van der Waals surface area (Å²) in [4.78, 5) is 35.0. The number of allylic oxidation sites excluding steroid dienone is 28. The predicted molar refractivity (Wildman–Crippen MR) is 302 cm³/mol. The van der Waals surface area contributed by atoms with Crippen LogP contribution in [0.4, 0.5) is 0 Å². The van der Waals surface area contributed by atoms with E-state index in [-0.39, 0.29) is 32.6 Å². The molecular weight excluding hydrogens is 906 g/mol. The van der Waals surface area contributed by atoms with Crippen molar-refractivity contribution in [2.75, 3.05) is 26.4 Å². The topological polar surface area (TPSA) is 134 Å². The highest BCUT2D eigenvalue weighted by Gasteiger charge is 2.26. The average Bonchev–Trinajstić information content (AvgIpc) is 3.36. The molecule has 0 aliphatic carbocycles. The Kier molecular flexibility index (Phi) is 51.1. The molecule has 9 nitrogen and oxygen atoms in total. The summed E-state index contributed by atoms with van der Waals surface area (Å²) in [6.45, 7) is 3.39. The van der Waals surface area contributed by atoms with Crippen LogP contribution >= 0.6 is 7.82 Å². The van der Waals surface area contributed by atoms with Gasteiger partial charge in [-0.3, -0.25) is 18.6 Å². The first-order valence-electron chi connectivity index (χ1n) is 26.6. The Morgan fingerprint density at radius 2 is 0.732 bits per heavy atom. The smallest absolute Gasteiger partial charge is 0.462 e. The molecule has 3 N–H and O–H groups in total. The lowest BCUT2D eigenvalue weighted by Crippen LogP contribution is -2.29. The molecule has 0 fully saturated rings. The summed E-state index contributed by atoms with van der Waals surface area (Å²) in [6.07, 6.45) is 81.2. The van der Waals surface area contributed by atoms with Gasteiger partial charge in [0.15, 0.2) is 6.10 Å². The van der Waals surface area contributed by atoms with Gasteiger partial charge in [-0.15, -0.1) is 0 Å². The van der Waals surface area contributed by atoms with E-state index in [1.807, 2.05) is 0 Å². The number of phosphoric acid groups is 1. The van der Waals surface area contributed by atoms with E-state index in [2.05, 4.69) is 184 Å². The summed E-state index contributed by atoms with van der Waals surface area (Å²) in [5.74, 6) is -0.925. The molecular formula is C61H94NO8P. The number of nitrogens with two attached hydrogens (primary N) is 1. The molecule has 396 valence electrons. The van der Waals surface area contributed by atoms with E-state index in [9.17, 15) is 19.0 Å². The molecule has 2 unspecified atom stereocenters. The molecule has 2 atom stereocenters. The number of phosphoric ester groups is 1.